The van der Waals surface area contributed by atoms with Crippen LogP contribution in [-0.4, -0.2) is 21.2 Å². The molecule has 0 fully saturated rings. The number of rotatable bonds is 9. The highest BCUT2D eigenvalue weighted by Gasteiger charge is 2.17. The van der Waals surface area contributed by atoms with Gasteiger partial charge in [0, 0.05) is 4.47 Å². The zero-order chi connectivity index (χ0) is 18.9. The summed E-state index contributed by atoms with van der Waals surface area (Å²) in [6, 6.07) is 6.38. The van der Waals surface area contributed by atoms with Crippen LogP contribution in [0.3, 0.4) is 0 Å². The second kappa shape index (κ2) is 10.2. The summed E-state index contributed by atoms with van der Waals surface area (Å²) in [5, 5.41) is 3.96. The van der Waals surface area contributed by atoms with Gasteiger partial charge in [0.25, 0.3) is 0 Å². The molecule has 0 saturated heterocycles. The maximum absolute atomic E-state index is 12.4. The van der Waals surface area contributed by atoms with Crippen LogP contribution in [-0.2, 0) is 9.84 Å². The topological polar surface area (TPSA) is 58.5 Å². The van der Waals surface area contributed by atoms with Gasteiger partial charge >= 0.3 is 0 Å². The lowest BCUT2D eigenvalue weighted by Gasteiger charge is -2.06. The maximum atomic E-state index is 12.4. The first-order valence-electron chi connectivity index (χ1n) is 7.77. The predicted molar refractivity (Wildman–Crippen MR) is 109 cm³/mol. The van der Waals surface area contributed by atoms with E-state index in [1.165, 1.54) is 18.3 Å². The number of allylic oxidation sites excluding steroid dienone is 4. The van der Waals surface area contributed by atoms with E-state index < -0.39 is 9.84 Å². The Morgan fingerprint density at radius 1 is 1.32 bits per heavy atom. The molecular formula is C19H23BrN2O2S. The molecule has 0 spiro atoms. The molecule has 0 bridgehead atoms. The zero-order valence-electron chi connectivity index (χ0n) is 14.5. The summed E-state index contributed by atoms with van der Waals surface area (Å²) in [6.45, 7) is 11.9. The second-order valence-corrected chi connectivity index (χ2v) is 8.16. The number of nitrogens with zero attached hydrogens (tertiary/aromatic N) is 1. The Hall–Kier alpha value is -1.92. The fourth-order valence-electron chi connectivity index (χ4n) is 1.86. The summed E-state index contributed by atoms with van der Waals surface area (Å²) < 4.78 is 25.6. The number of nitrogens with one attached hydrogen (secondary N) is 1. The van der Waals surface area contributed by atoms with Crippen LogP contribution in [0.15, 0.2) is 86.2 Å². The van der Waals surface area contributed by atoms with Crippen LogP contribution in [0.25, 0.3) is 0 Å². The monoisotopic (exact) mass is 422 g/mol. The normalized spacial score (nSPS) is 13.1. The summed E-state index contributed by atoms with van der Waals surface area (Å²) in [5.74, 6) is 0. The number of benzene rings is 1. The Bertz CT molecular complexity index is 804. The molecule has 1 aromatic rings. The van der Waals surface area contributed by atoms with Crippen molar-refractivity contribution in [1.29, 1.82) is 0 Å². The molecule has 6 heteroatoms. The van der Waals surface area contributed by atoms with Gasteiger partial charge in [-0.1, -0.05) is 54.2 Å². The van der Waals surface area contributed by atoms with E-state index in [2.05, 4.69) is 52.6 Å². The molecule has 0 aromatic heterocycles. The minimum Gasteiger partial charge on any atom is -0.306 e. The van der Waals surface area contributed by atoms with Crippen molar-refractivity contribution >= 4 is 32.0 Å². The van der Waals surface area contributed by atoms with Crippen molar-refractivity contribution in [3.05, 3.63) is 76.2 Å². The molecule has 1 rings (SSSR count). The molecule has 0 radical (unpaired) electrons. The van der Waals surface area contributed by atoms with E-state index in [-0.39, 0.29) is 9.80 Å². The van der Waals surface area contributed by atoms with Gasteiger partial charge in [-0.15, -0.1) is 0 Å². The van der Waals surface area contributed by atoms with E-state index in [9.17, 15) is 8.42 Å². The molecule has 1 aromatic carbocycles. The van der Waals surface area contributed by atoms with Crippen LogP contribution in [0.1, 0.15) is 20.3 Å². The lowest BCUT2D eigenvalue weighted by atomic mass is 10.1. The van der Waals surface area contributed by atoms with Crippen LogP contribution in [0.2, 0.25) is 0 Å². The Morgan fingerprint density at radius 3 is 2.52 bits per heavy atom. The van der Waals surface area contributed by atoms with E-state index in [0.717, 1.165) is 22.0 Å². The lowest BCUT2D eigenvalue weighted by Crippen LogP contribution is -2.12. The molecule has 0 unspecified atom stereocenters. The van der Waals surface area contributed by atoms with Crippen LogP contribution >= 0.6 is 15.9 Å². The summed E-state index contributed by atoms with van der Waals surface area (Å²) >= 11 is 3.28. The number of hydrazone groups is 1. The van der Waals surface area contributed by atoms with Gasteiger partial charge in [0.1, 0.15) is 0 Å². The number of sulfone groups is 1. The highest BCUT2D eigenvalue weighted by Crippen LogP contribution is 2.19. The highest BCUT2D eigenvalue weighted by molar-refractivity contribution is 9.10. The van der Waals surface area contributed by atoms with Gasteiger partial charge in [0.05, 0.1) is 22.6 Å². The minimum absolute atomic E-state index is 0.0749. The van der Waals surface area contributed by atoms with Gasteiger partial charge in [-0.25, -0.2) is 8.42 Å². The van der Waals surface area contributed by atoms with Gasteiger partial charge in [-0.05, 0) is 48.8 Å². The first-order chi connectivity index (χ1) is 11.8. The predicted octanol–water partition coefficient (Wildman–Crippen LogP) is 4.78. The van der Waals surface area contributed by atoms with Crippen molar-refractivity contribution < 1.29 is 8.42 Å². The molecule has 25 heavy (non-hydrogen) atoms. The van der Waals surface area contributed by atoms with Crippen molar-refractivity contribution in [2.75, 3.05) is 6.54 Å². The van der Waals surface area contributed by atoms with Crippen molar-refractivity contribution in [1.82, 2.24) is 5.43 Å². The van der Waals surface area contributed by atoms with Crippen LogP contribution in [0.5, 0.6) is 0 Å². The van der Waals surface area contributed by atoms with Crippen molar-refractivity contribution in [3.63, 3.8) is 0 Å². The molecule has 0 atom stereocenters. The highest BCUT2D eigenvalue weighted by atomic mass is 79.9. The van der Waals surface area contributed by atoms with Crippen molar-refractivity contribution in [2.24, 2.45) is 5.10 Å². The molecule has 0 aliphatic heterocycles. The minimum atomic E-state index is -3.64. The van der Waals surface area contributed by atoms with E-state index in [1.807, 2.05) is 13.0 Å². The van der Waals surface area contributed by atoms with E-state index in [4.69, 9.17) is 0 Å². The number of hydrogen-bond donors (Lipinski definition) is 1. The van der Waals surface area contributed by atoms with Gasteiger partial charge in [0.15, 0.2) is 0 Å². The smallest absolute Gasteiger partial charge is 0.207 e. The molecule has 0 aliphatic rings. The Labute approximate surface area is 158 Å². The zero-order valence-corrected chi connectivity index (χ0v) is 16.9. The Morgan fingerprint density at radius 2 is 1.96 bits per heavy atom. The summed E-state index contributed by atoms with van der Waals surface area (Å²) in [7, 11) is -3.64. The first kappa shape index (κ1) is 21.1. The van der Waals surface area contributed by atoms with Crippen molar-refractivity contribution in [2.45, 2.75) is 25.2 Å². The summed E-state index contributed by atoms with van der Waals surface area (Å²) in [6.07, 6.45) is 8.02. The van der Waals surface area contributed by atoms with Gasteiger partial charge < -0.3 is 5.43 Å². The molecule has 1 N–H and O–H groups in total. The standard InChI is InChI=1S/C19H23BrN2O2S/c1-5-7-8-15(3)17(6-2)14-22-21-13-16(4)25(23,24)19-11-9-18(20)10-12-19/h6-13,22H,2,4-5,14H2,1,3H3/b8-7-,17-15+,21-13-. The van der Waals surface area contributed by atoms with Crippen LogP contribution < -0.4 is 5.43 Å². The fourth-order valence-corrected chi connectivity index (χ4v) is 3.11. The molecule has 134 valence electrons. The SMILES string of the molecule is C=C/C(CN/N=C\C(=C)S(=O)(=O)c1ccc(Br)cc1)=C(C)\C=C/CC. The third kappa shape index (κ3) is 6.48. The average Bonchev–Trinajstić information content (AvgIpc) is 2.59. The van der Waals surface area contributed by atoms with Crippen molar-refractivity contribution in [3.8, 4) is 0 Å². The molecule has 4 nitrogen and oxygen atoms in total. The largest absolute Gasteiger partial charge is 0.306 e. The summed E-state index contributed by atoms with van der Waals surface area (Å²) in [5.41, 5.74) is 4.90. The molecule has 0 aliphatic carbocycles. The van der Waals surface area contributed by atoms with Gasteiger partial charge in [0.2, 0.25) is 9.84 Å². The fraction of sp³-hybridized carbons (Fsp3) is 0.211. The quantitative estimate of drug-likeness (QED) is 0.353. The van der Waals surface area contributed by atoms with E-state index in [0.29, 0.717) is 6.54 Å². The summed E-state index contributed by atoms with van der Waals surface area (Å²) in [4.78, 5) is 0.105. The average molecular weight is 423 g/mol. The third-order valence-corrected chi connectivity index (χ3v) is 5.61. The third-order valence-electron chi connectivity index (χ3n) is 3.39. The number of halogens is 1. The van der Waals surface area contributed by atoms with Crippen LogP contribution in [0.4, 0.5) is 0 Å². The molecule has 0 heterocycles. The van der Waals surface area contributed by atoms with Crippen LogP contribution in [0, 0.1) is 0 Å². The second-order valence-electron chi connectivity index (χ2n) is 5.24. The maximum Gasteiger partial charge on any atom is 0.207 e. The molecular weight excluding hydrogens is 400 g/mol. The molecule has 0 amide bonds. The first-order valence-corrected chi connectivity index (χ1v) is 10.0. The number of hydrogen-bond acceptors (Lipinski definition) is 4. The Balaban J connectivity index is 2.75. The van der Waals surface area contributed by atoms with Gasteiger partial charge in [-0.3, -0.25) is 0 Å². The molecule has 0 saturated carbocycles. The van der Waals surface area contributed by atoms with E-state index >= 15 is 0 Å². The van der Waals surface area contributed by atoms with E-state index in [1.54, 1.807) is 18.2 Å². The van der Waals surface area contributed by atoms with Gasteiger partial charge in [-0.2, -0.15) is 5.10 Å². The lowest BCUT2D eigenvalue weighted by molar-refractivity contribution is 0.603. The Kier molecular flexibility index (Phi) is 8.58.